The standard InChI is InChI=1S/C26H26FN5O3/c27-20-8-6-19(7-9-20)16-31-17-22(25(33)28-10-11-30-12-14-35-15-13-30)24-23(18-31)26(34)32(29-24)21-4-2-1-3-5-21/h1-9,17-18H,10-16H2,(H,28,33). The van der Waals surface area contributed by atoms with E-state index < -0.39 is 0 Å². The highest BCUT2D eigenvalue weighted by molar-refractivity contribution is 5.99. The molecule has 9 heteroatoms. The zero-order valence-electron chi connectivity index (χ0n) is 19.2. The molecule has 2 aromatic carbocycles. The molecule has 0 radical (unpaired) electrons. The lowest BCUT2D eigenvalue weighted by Gasteiger charge is -2.26. The van der Waals surface area contributed by atoms with Crippen molar-refractivity contribution < 1.29 is 13.9 Å². The first-order valence-corrected chi connectivity index (χ1v) is 11.6. The molecule has 3 aliphatic heterocycles. The van der Waals surface area contributed by atoms with Gasteiger partial charge in [-0.3, -0.25) is 14.5 Å². The second-order valence-corrected chi connectivity index (χ2v) is 8.50. The lowest BCUT2D eigenvalue weighted by atomic mass is 10.1. The summed E-state index contributed by atoms with van der Waals surface area (Å²) < 4.78 is 21.8. The summed E-state index contributed by atoms with van der Waals surface area (Å²) >= 11 is 0. The van der Waals surface area contributed by atoms with Crippen LogP contribution in [0.1, 0.15) is 15.9 Å². The summed E-state index contributed by atoms with van der Waals surface area (Å²) in [4.78, 5) is 28.7. The molecule has 1 N–H and O–H groups in total. The van der Waals surface area contributed by atoms with Crippen molar-refractivity contribution >= 4 is 5.91 Å². The van der Waals surface area contributed by atoms with Crippen LogP contribution in [-0.2, 0) is 11.3 Å². The number of hydrogen-bond acceptors (Lipinski definition) is 5. The van der Waals surface area contributed by atoms with E-state index in [1.807, 2.05) is 18.2 Å². The van der Waals surface area contributed by atoms with Gasteiger partial charge in [0.25, 0.3) is 11.5 Å². The van der Waals surface area contributed by atoms with Crippen LogP contribution in [0.2, 0.25) is 0 Å². The molecule has 0 aromatic heterocycles. The third kappa shape index (κ3) is 5.16. The number of ether oxygens (including phenoxy) is 1. The van der Waals surface area contributed by atoms with E-state index in [0.717, 1.165) is 18.7 Å². The fourth-order valence-corrected chi connectivity index (χ4v) is 4.21. The number of rotatable bonds is 7. The van der Waals surface area contributed by atoms with Crippen LogP contribution in [0.4, 0.5) is 4.39 Å². The quantitative estimate of drug-likeness (QED) is 0.444. The average molecular weight is 476 g/mol. The van der Waals surface area contributed by atoms with E-state index in [2.05, 4.69) is 15.3 Å². The smallest absolute Gasteiger partial charge is 0.282 e. The molecule has 1 saturated heterocycles. The Hall–Kier alpha value is -3.82. The number of amides is 1. The van der Waals surface area contributed by atoms with Crippen LogP contribution in [0, 0.1) is 5.82 Å². The average Bonchev–Trinajstić information content (AvgIpc) is 3.22. The van der Waals surface area contributed by atoms with Gasteiger partial charge in [-0.2, -0.15) is 9.78 Å². The third-order valence-electron chi connectivity index (χ3n) is 6.06. The zero-order chi connectivity index (χ0) is 24.2. The van der Waals surface area contributed by atoms with Gasteiger partial charge in [0.05, 0.1) is 30.0 Å². The molecule has 180 valence electrons. The Labute approximate surface area is 201 Å². The lowest BCUT2D eigenvalue weighted by Crippen LogP contribution is -2.41. The first-order chi connectivity index (χ1) is 17.1. The first kappa shape index (κ1) is 22.9. The molecular weight excluding hydrogens is 449 g/mol. The highest BCUT2D eigenvalue weighted by Gasteiger charge is 2.24. The minimum atomic E-state index is -0.319. The number of pyridine rings is 1. The fraction of sp³-hybridized carbons (Fsp3) is 0.269. The second kappa shape index (κ2) is 10.2. The number of aromatic nitrogens is 3. The molecule has 35 heavy (non-hydrogen) atoms. The number of nitrogens with zero attached hydrogens (tertiary/aromatic N) is 4. The Balaban J connectivity index is 1.47. The van der Waals surface area contributed by atoms with Crippen molar-refractivity contribution in [1.82, 2.24) is 24.6 Å². The Morgan fingerprint density at radius 2 is 1.77 bits per heavy atom. The molecule has 3 aliphatic rings. The van der Waals surface area contributed by atoms with Crippen LogP contribution < -0.4 is 10.9 Å². The topological polar surface area (TPSA) is 81.4 Å². The number of hydrogen-bond donors (Lipinski definition) is 1. The molecule has 1 amide bonds. The highest BCUT2D eigenvalue weighted by Crippen LogP contribution is 2.23. The molecule has 0 saturated carbocycles. The summed E-state index contributed by atoms with van der Waals surface area (Å²) in [5.41, 5.74) is 2.17. The van der Waals surface area contributed by atoms with Crippen LogP contribution in [0.5, 0.6) is 0 Å². The van der Waals surface area contributed by atoms with Gasteiger partial charge in [0, 0.05) is 45.1 Å². The Kier molecular flexibility index (Phi) is 6.69. The molecule has 5 rings (SSSR count). The van der Waals surface area contributed by atoms with Crippen LogP contribution in [0.25, 0.3) is 16.9 Å². The van der Waals surface area contributed by atoms with E-state index in [1.165, 1.54) is 16.8 Å². The monoisotopic (exact) mass is 475 g/mol. The maximum atomic E-state index is 13.4. The van der Waals surface area contributed by atoms with Crippen molar-refractivity contribution in [3.05, 3.63) is 94.3 Å². The summed E-state index contributed by atoms with van der Waals surface area (Å²) in [6.07, 6.45) is 3.38. The van der Waals surface area contributed by atoms with Gasteiger partial charge in [-0.05, 0) is 29.8 Å². The van der Waals surface area contributed by atoms with Gasteiger partial charge >= 0.3 is 0 Å². The number of carbonyl (C=O) groups is 1. The molecule has 0 unspecified atom stereocenters. The summed E-state index contributed by atoms with van der Waals surface area (Å²) in [5.74, 6) is -0.616. The predicted molar refractivity (Wildman–Crippen MR) is 130 cm³/mol. The zero-order valence-corrected chi connectivity index (χ0v) is 19.2. The van der Waals surface area contributed by atoms with Gasteiger partial charge in [-0.1, -0.05) is 30.3 Å². The molecule has 0 bridgehead atoms. The lowest BCUT2D eigenvalue weighted by molar-refractivity contribution is 0.0383. The van der Waals surface area contributed by atoms with Gasteiger partial charge in [0.2, 0.25) is 0 Å². The molecule has 1 fully saturated rings. The maximum Gasteiger partial charge on any atom is 0.282 e. The van der Waals surface area contributed by atoms with Crippen molar-refractivity contribution in [3.63, 3.8) is 0 Å². The van der Waals surface area contributed by atoms with Gasteiger partial charge in [-0.15, -0.1) is 0 Å². The summed E-state index contributed by atoms with van der Waals surface area (Å²) in [7, 11) is 0. The number of halogens is 1. The first-order valence-electron chi connectivity index (χ1n) is 11.6. The number of benzene rings is 2. The van der Waals surface area contributed by atoms with Crippen LogP contribution >= 0.6 is 0 Å². The Bertz CT molecular complexity index is 1330. The van der Waals surface area contributed by atoms with E-state index in [0.29, 0.717) is 55.4 Å². The maximum absolute atomic E-state index is 13.4. The number of carbonyl (C=O) groups excluding carboxylic acids is 1. The number of fused-ring (bicyclic) bond motifs is 1. The molecule has 0 spiro atoms. The predicted octanol–water partition coefficient (Wildman–Crippen LogP) is 2.39. The highest BCUT2D eigenvalue weighted by atomic mass is 19.1. The molecule has 0 aliphatic carbocycles. The van der Waals surface area contributed by atoms with E-state index in [1.54, 1.807) is 41.2 Å². The Morgan fingerprint density at radius 3 is 2.51 bits per heavy atom. The van der Waals surface area contributed by atoms with Gasteiger partial charge in [0.15, 0.2) is 0 Å². The van der Waals surface area contributed by atoms with Crippen molar-refractivity contribution in [3.8, 4) is 16.9 Å². The van der Waals surface area contributed by atoms with Crippen LogP contribution in [-0.4, -0.2) is 64.5 Å². The minimum Gasteiger partial charge on any atom is -0.379 e. The molecule has 3 heterocycles. The SMILES string of the molecule is O=C(NCCN1CCOCC1)c1cn(Cc2ccc(F)cc2)cc2c(=O)n(-c3ccccc3)nc1-2. The van der Waals surface area contributed by atoms with Crippen molar-refractivity contribution in [2.45, 2.75) is 6.54 Å². The molecule has 8 nitrogen and oxygen atoms in total. The fourth-order valence-electron chi connectivity index (χ4n) is 4.21. The summed E-state index contributed by atoms with van der Waals surface area (Å²) in [5, 5.41) is 7.48. The van der Waals surface area contributed by atoms with Gasteiger partial charge in [-0.25, -0.2) is 4.39 Å². The van der Waals surface area contributed by atoms with Crippen molar-refractivity contribution in [2.75, 3.05) is 39.4 Å². The largest absolute Gasteiger partial charge is 0.379 e. The van der Waals surface area contributed by atoms with Gasteiger partial charge < -0.3 is 14.6 Å². The molecule has 0 atom stereocenters. The Morgan fingerprint density at radius 1 is 1.03 bits per heavy atom. The number of para-hydroxylation sites is 1. The molecule has 2 aromatic rings. The van der Waals surface area contributed by atoms with Crippen LogP contribution in [0.3, 0.4) is 0 Å². The number of nitrogens with one attached hydrogen (secondary N) is 1. The van der Waals surface area contributed by atoms with Crippen molar-refractivity contribution in [2.24, 2.45) is 0 Å². The van der Waals surface area contributed by atoms with Crippen molar-refractivity contribution in [1.29, 1.82) is 0 Å². The van der Waals surface area contributed by atoms with E-state index in [-0.39, 0.29) is 17.3 Å². The normalized spacial score (nSPS) is 14.3. The number of morpholine rings is 1. The second-order valence-electron chi connectivity index (χ2n) is 8.50. The molecular formula is C26H26FN5O3. The van der Waals surface area contributed by atoms with E-state index in [4.69, 9.17) is 4.74 Å². The van der Waals surface area contributed by atoms with Gasteiger partial charge in [0.1, 0.15) is 11.5 Å². The summed E-state index contributed by atoms with van der Waals surface area (Å²) in [6.45, 7) is 4.62. The van der Waals surface area contributed by atoms with E-state index >= 15 is 0 Å². The third-order valence-corrected chi connectivity index (χ3v) is 6.06. The van der Waals surface area contributed by atoms with E-state index in [9.17, 15) is 14.0 Å². The van der Waals surface area contributed by atoms with Crippen LogP contribution in [0.15, 0.2) is 71.8 Å². The minimum absolute atomic E-state index is 0.297. The summed E-state index contributed by atoms with van der Waals surface area (Å²) in [6, 6.07) is 15.2.